The Morgan fingerprint density at radius 1 is 1.21 bits per heavy atom. The molecule has 2 atom stereocenters. The second-order valence-corrected chi connectivity index (χ2v) is 11.9. The summed E-state index contributed by atoms with van der Waals surface area (Å²) in [6, 6.07) is 5.67. The number of carbonyl (C=O) groups is 1. The van der Waals surface area contributed by atoms with Crippen LogP contribution in [0.15, 0.2) is 41.3 Å². The minimum Gasteiger partial charge on any atom is -0.463 e. The van der Waals surface area contributed by atoms with Crippen LogP contribution in [0.2, 0.25) is 0 Å². The zero-order valence-electron chi connectivity index (χ0n) is 25.8. The minimum atomic E-state index is -4.73. The standard InChI is InChI=1S/C32H32F4N8O3/c1-17-13-24(38)40-27(26(17)32(34,35)36)22-14-23-25(28-21(22)7-12-46-28)29(41-31(39-23)47-16-20-5-4-9-42(20)3)43-10-11-44(30(45)18(2)33)19(15-43)6-8-37/h7,12-14,19-20H,2,4-6,9-11,15-16H2,1,3H3,(H2,38,40)/t19-,20-/m0/s1. The largest absolute Gasteiger partial charge is 0.463 e. The number of nitrogens with two attached hydrogens (primary N) is 1. The number of carbonyl (C=O) groups excluding carboxylic acids is 1. The molecule has 246 valence electrons. The van der Waals surface area contributed by atoms with E-state index in [0.717, 1.165) is 19.4 Å². The summed E-state index contributed by atoms with van der Waals surface area (Å²) in [7, 11) is 1.99. The van der Waals surface area contributed by atoms with Crippen LogP contribution in [-0.4, -0.2) is 82.6 Å². The molecule has 1 aromatic carbocycles. The molecule has 2 aliphatic rings. The lowest BCUT2D eigenvalue weighted by atomic mass is 9.96. The van der Waals surface area contributed by atoms with Crippen molar-refractivity contribution in [2.24, 2.45) is 0 Å². The quantitative estimate of drug-likeness (QED) is 0.209. The van der Waals surface area contributed by atoms with Crippen molar-refractivity contribution in [3.8, 4) is 23.3 Å². The van der Waals surface area contributed by atoms with E-state index in [1.54, 1.807) is 0 Å². The number of halogens is 4. The van der Waals surface area contributed by atoms with Crippen LogP contribution < -0.4 is 15.4 Å². The lowest BCUT2D eigenvalue weighted by Crippen LogP contribution is -2.55. The first-order chi connectivity index (χ1) is 22.4. The Hall–Kier alpha value is -4.97. The van der Waals surface area contributed by atoms with Gasteiger partial charge in [0.25, 0.3) is 5.91 Å². The molecule has 11 nitrogen and oxygen atoms in total. The van der Waals surface area contributed by atoms with Crippen molar-refractivity contribution in [2.75, 3.05) is 50.5 Å². The number of pyridine rings is 1. The third-order valence-electron chi connectivity index (χ3n) is 8.81. The number of fused-ring (bicyclic) bond motifs is 3. The molecule has 1 amide bonds. The van der Waals surface area contributed by atoms with E-state index in [0.29, 0.717) is 16.6 Å². The Balaban J connectivity index is 1.54. The van der Waals surface area contributed by atoms with Gasteiger partial charge in [0.1, 0.15) is 23.8 Å². The molecule has 6 rings (SSSR count). The number of hydrogen-bond acceptors (Lipinski definition) is 10. The van der Waals surface area contributed by atoms with Gasteiger partial charge in [-0.2, -0.15) is 28.4 Å². The average molecular weight is 653 g/mol. The van der Waals surface area contributed by atoms with Gasteiger partial charge >= 0.3 is 12.2 Å². The molecule has 15 heteroatoms. The topological polar surface area (TPSA) is 138 Å². The molecule has 4 aromatic rings. The Kier molecular flexibility index (Phi) is 8.39. The van der Waals surface area contributed by atoms with Crippen LogP contribution in [0.25, 0.3) is 33.1 Å². The van der Waals surface area contributed by atoms with Crippen LogP contribution in [0.4, 0.5) is 29.2 Å². The number of hydrogen-bond donors (Lipinski definition) is 1. The number of anilines is 2. The minimum absolute atomic E-state index is 0.00936. The average Bonchev–Trinajstić information content (AvgIpc) is 3.67. The number of aryl methyl sites for hydroxylation is 1. The molecule has 0 saturated carbocycles. The highest BCUT2D eigenvalue weighted by molar-refractivity contribution is 6.14. The van der Waals surface area contributed by atoms with Crippen molar-refractivity contribution in [2.45, 2.75) is 44.4 Å². The number of nitriles is 1. The number of amides is 1. The molecule has 0 unspecified atom stereocenters. The number of nitrogens with zero attached hydrogens (tertiary/aromatic N) is 7. The van der Waals surface area contributed by atoms with E-state index in [9.17, 15) is 27.6 Å². The maximum atomic E-state index is 14.4. The molecule has 0 radical (unpaired) electrons. The highest BCUT2D eigenvalue weighted by Gasteiger charge is 2.38. The second-order valence-electron chi connectivity index (χ2n) is 11.9. The van der Waals surface area contributed by atoms with Crippen molar-refractivity contribution >= 4 is 39.4 Å². The number of benzene rings is 1. The number of alkyl halides is 3. The maximum Gasteiger partial charge on any atom is 0.418 e. The highest BCUT2D eigenvalue weighted by Crippen LogP contribution is 2.44. The molecule has 0 aliphatic carbocycles. The van der Waals surface area contributed by atoms with Crippen LogP contribution in [-0.2, 0) is 11.0 Å². The number of likely N-dealkylation sites (N-methyl/N-ethyl adjacent to an activating group) is 1. The van der Waals surface area contributed by atoms with E-state index in [-0.39, 0.29) is 78.5 Å². The van der Waals surface area contributed by atoms with E-state index in [1.165, 1.54) is 36.3 Å². The first-order valence-corrected chi connectivity index (χ1v) is 15.0. The fraction of sp³-hybridized carbons (Fsp3) is 0.406. The molecule has 47 heavy (non-hydrogen) atoms. The third-order valence-corrected chi connectivity index (χ3v) is 8.81. The van der Waals surface area contributed by atoms with Gasteiger partial charge in [-0.1, -0.05) is 6.58 Å². The summed E-state index contributed by atoms with van der Waals surface area (Å²) in [4.78, 5) is 31.3. The van der Waals surface area contributed by atoms with Gasteiger partial charge in [-0.3, -0.25) is 4.79 Å². The maximum absolute atomic E-state index is 14.4. The first-order valence-electron chi connectivity index (χ1n) is 15.0. The Morgan fingerprint density at radius 3 is 2.68 bits per heavy atom. The van der Waals surface area contributed by atoms with E-state index in [1.807, 2.05) is 11.9 Å². The first kappa shape index (κ1) is 32.0. The number of rotatable bonds is 7. The zero-order valence-corrected chi connectivity index (χ0v) is 25.8. The van der Waals surface area contributed by atoms with Gasteiger partial charge in [-0.05, 0) is 57.1 Å². The van der Waals surface area contributed by atoms with Gasteiger partial charge in [0.2, 0.25) is 0 Å². The summed E-state index contributed by atoms with van der Waals surface area (Å²) in [5.41, 5.74) is 5.10. The fourth-order valence-electron chi connectivity index (χ4n) is 6.55. The molecular weight excluding hydrogens is 620 g/mol. The highest BCUT2D eigenvalue weighted by atomic mass is 19.4. The van der Waals surface area contributed by atoms with Crippen molar-refractivity contribution in [1.29, 1.82) is 5.26 Å². The van der Waals surface area contributed by atoms with Crippen molar-refractivity contribution < 1.29 is 31.5 Å². The van der Waals surface area contributed by atoms with Crippen molar-refractivity contribution in [3.63, 3.8) is 0 Å². The smallest absolute Gasteiger partial charge is 0.418 e. The predicted molar refractivity (Wildman–Crippen MR) is 166 cm³/mol. The monoisotopic (exact) mass is 652 g/mol. The molecule has 2 fully saturated rings. The fourth-order valence-corrected chi connectivity index (χ4v) is 6.55. The summed E-state index contributed by atoms with van der Waals surface area (Å²) < 4.78 is 69.1. The van der Waals surface area contributed by atoms with Crippen LogP contribution in [0.3, 0.4) is 0 Å². The molecule has 2 N–H and O–H groups in total. The van der Waals surface area contributed by atoms with E-state index >= 15 is 0 Å². The van der Waals surface area contributed by atoms with Gasteiger partial charge < -0.3 is 29.6 Å². The molecule has 3 aromatic heterocycles. The normalized spacial score (nSPS) is 19.0. The summed E-state index contributed by atoms with van der Waals surface area (Å²) in [6.45, 7) is 5.99. The number of likely N-dealkylation sites (tertiary alicyclic amines) is 1. The van der Waals surface area contributed by atoms with Crippen molar-refractivity contribution in [1.82, 2.24) is 24.8 Å². The van der Waals surface area contributed by atoms with Gasteiger partial charge in [0.15, 0.2) is 5.83 Å². The van der Waals surface area contributed by atoms with Crippen LogP contribution >= 0.6 is 0 Å². The lowest BCUT2D eigenvalue weighted by molar-refractivity contribution is -0.137. The number of furan rings is 1. The summed E-state index contributed by atoms with van der Waals surface area (Å²) in [5.74, 6) is -1.78. The third kappa shape index (κ3) is 6.00. The molecule has 0 bridgehead atoms. The molecule has 2 aliphatic heterocycles. The van der Waals surface area contributed by atoms with Gasteiger partial charge in [0.05, 0.1) is 47.0 Å². The Morgan fingerprint density at radius 2 is 2.00 bits per heavy atom. The summed E-state index contributed by atoms with van der Waals surface area (Å²) in [5, 5.41) is 10.2. The van der Waals surface area contributed by atoms with Crippen LogP contribution in [0.5, 0.6) is 6.01 Å². The van der Waals surface area contributed by atoms with Gasteiger partial charge in [-0.25, -0.2) is 9.37 Å². The molecular formula is C32H32F4N8O3. The number of ether oxygens (including phenoxy) is 1. The number of aromatic nitrogens is 3. The lowest BCUT2D eigenvalue weighted by Gasteiger charge is -2.41. The number of piperazine rings is 1. The predicted octanol–water partition coefficient (Wildman–Crippen LogP) is 5.23. The van der Waals surface area contributed by atoms with E-state index in [4.69, 9.17) is 19.9 Å². The van der Waals surface area contributed by atoms with E-state index in [2.05, 4.69) is 27.5 Å². The zero-order chi connectivity index (χ0) is 33.6. The van der Waals surface area contributed by atoms with Crippen molar-refractivity contribution in [3.05, 3.63) is 48.0 Å². The molecule has 5 heterocycles. The summed E-state index contributed by atoms with van der Waals surface area (Å²) in [6.07, 6.45) is -1.54. The second kappa shape index (κ2) is 12.3. The Bertz CT molecular complexity index is 1920. The van der Waals surface area contributed by atoms with Crippen LogP contribution in [0.1, 0.15) is 30.4 Å². The Labute approximate surface area is 267 Å². The van der Waals surface area contributed by atoms with E-state index < -0.39 is 29.5 Å². The molecule has 0 spiro atoms. The number of nitrogen functional groups attached to an aromatic ring is 1. The molecule has 2 saturated heterocycles. The SMILES string of the molecule is C=C(F)C(=O)N1CCN(c2nc(OC[C@@H]3CCCN3C)nc3cc(-c4nc(N)cc(C)c4C(F)(F)F)c4ccoc4c23)C[C@@H]1CC#N. The van der Waals surface area contributed by atoms with Gasteiger partial charge in [-0.15, -0.1) is 0 Å². The van der Waals surface area contributed by atoms with Gasteiger partial charge in [0, 0.05) is 36.6 Å². The summed E-state index contributed by atoms with van der Waals surface area (Å²) >= 11 is 0. The van der Waals surface area contributed by atoms with Crippen LogP contribution in [0, 0.1) is 18.3 Å².